The first kappa shape index (κ1) is 20.2. The van der Waals surface area contributed by atoms with Crippen molar-refractivity contribution in [2.24, 2.45) is 5.92 Å². The van der Waals surface area contributed by atoms with E-state index in [1.807, 2.05) is 13.8 Å². The second-order valence-electron chi connectivity index (χ2n) is 6.03. The Kier molecular flexibility index (Phi) is 8.52. The number of alkyl carbamates (subject to hydrolysis) is 1. The first-order valence-electron chi connectivity index (χ1n) is 7.53. The Hall–Kier alpha value is -1.79. The van der Waals surface area contributed by atoms with Gasteiger partial charge in [0, 0.05) is 0 Å². The van der Waals surface area contributed by atoms with Gasteiger partial charge in [-0.3, -0.25) is 9.59 Å². The molecule has 7 nitrogen and oxygen atoms in total. The van der Waals surface area contributed by atoms with Crippen LogP contribution in [0.25, 0.3) is 0 Å². The zero-order chi connectivity index (χ0) is 17.3. The highest BCUT2D eigenvalue weighted by Gasteiger charge is 2.28. The van der Waals surface area contributed by atoms with Crippen molar-refractivity contribution >= 4 is 18.0 Å². The van der Waals surface area contributed by atoms with Crippen LogP contribution in [0.5, 0.6) is 0 Å². The molecule has 0 spiro atoms. The lowest BCUT2D eigenvalue weighted by Gasteiger charge is -2.26. The maximum Gasteiger partial charge on any atom is 0.408 e. The van der Waals surface area contributed by atoms with Gasteiger partial charge in [-0.2, -0.15) is 0 Å². The third-order valence-corrected chi connectivity index (χ3v) is 2.88. The first-order valence-corrected chi connectivity index (χ1v) is 7.53. The molecule has 22 heavy (non-hydrogen) atoms. The number of nitrogens with one attached hydrogen (secondary N) is 2. The molecule has 0 aromatic carbocycles. The Labute approximate surface area is 132 Å². The zero-order valence-electron chi connectivity index (χ0n) is 14.3. The van der Waals surface area contributed by atoms with Crippen LogP contribution in [0.3, 0.4) is 0 Å². The fourth-order valence-electron chi connectivity index (χ4n) is 1.62. The lowest BCUT2D eigenvalue weighted by atomic mass is 9.98. The molecule has 0 saturated carbocycles. The summed E-state index contributed by atoms with van der Waals surface area (Å²) in [5, 5.41) is 5.02. The molecule has 0 aliphatic carbocycles. The van der Waals surface area contributed by atoms with Crippen molar-refractivity contribution in [2.45, 2.75) is 59.6 Å². The molecule has 2 unspecified atom stereocenters. The van der Waals surface area contributed by atoms with Gasteiger partial charge < -0.3 is 20.1 Å². The summed E-state index contributed by atoms with van der Waals surface area (Å²) in [4.78, 5) is 35.3. The third kappa shape index (κ3) is 8.49. The summed E-state index contributed by atoms with van der Waals surface area (Å²) in [5.41, 5.74) is -0.647. The van der Waals surface area contributed by atoms with Crippen LogP contribution in [0, 0.1) is 5.92 Å². The number of hydrogen-bond acceptors (Lipinski definition) is 5. The van der Waals surface area contributed by atoms with Gasteiger partial charge in [0.1, 0.15) is 18.2 Å². The van der Waals surface area contributed by atoms with Crippen LogP contribution in [-0.2, 0) is 19.1 Å². The largest absolute Gasteiger partial charge is 0.465 e. The van der Waals surface area contributed by atoms with Crippen LogP contribution in [0.1, 0.15) is 48.0 Å². The molecule has 0 fully saturated rings. The summed E-state index contributed by atoms with van der Waals surface area (Å²) in [6, 6.07) is -0.769. The van der Waals surface area contributed by atoms with E-state index < -0.39 is 29.6 Å². The number of esters is 1. The second-order valence-corrected chi connectivity index (χ2v) is 6.03. The smallest absolute Gasteiger partial charge is 0.408 e. The van der Waals surface area contributed by atoms with Crippen molar-refractivity contribution in [3.63, 3.8) is 0 Å². The minimum atomic E-state index is -0.769. The average molecular weight is 316 g/mol. The minimum absolute atomic E-state index is 0.102. The highest BCUT2D eigenvalue weighted by molar-refractivity contribution is 5.88. The first-order chi connectivity index (χ1) is 10.1. The lowest BCUT2D eigenvalue weighted by Crippen LogP contribution is -2.52. The van der Waals surface area contributed by atoms with Crippen LogP contribution < -0.4 is 10.6 Å². The lowest BCUT2D eigenvalue weighted by molar-refractivity contribution is -0.143. The Balaban J connectivity index is 4.66. The highest BCUT2D eigenvalue weighted by Crippen LogP contribution is 2.11. The van der Waals surface area contributed by atoms with E-state index in [0.29, 0.717) is 6.42 Å². The average Bonchev–Trinajstić information content (AvgIpc) is 2.39. The van der Waals surface area contributed by atoms with Gasteiger partial charge >= 0.3 is 12.1 Å². The number of rotatable bonds is 7. The zero-order valence-corrected chi connectivity index (χ0v) is 14.3. The van der Waals surface area contributed by atoms with Gasteiger partial charge in [0.2, 0.25) is 5.91 Å². The summed E-state index contributed by atoms with van der Waals surface area (Å²) in [7, 11) is 0. The predicted molar refractivity (Wildman–Crippen MR) is 82.3 cm³/mol. The van der Waals surface area contributed by atoms with Gasteiger partial charge in [-0.15, -0.1) is 0 Å². The predicted octanol–water partition coefficient (Wildman–Crippen LogP) is 1.61. The van der Waals surface area contributed by atoms with Crippen molar-refractivity contribution < 1.29 is 23.9 Å². The normalized spacial score (nSPS) is 13.7. The van der Waals surface area contributed by atoms with E-state index in [1.165, 1.54) is 0 Å². The van der Waals surface area contributed by atoms with Crippen LogP contribution >= 0.6 is 0 Å². The summed E-state index contributed by atoms with van der Waals surface area (Å²) in [6.07, 6.45) is 0.0249. The van der Waals surface area contributed by atoms with Crippen molar-refractivity contribution in [3.8, 4) is 0 Å². The molecule has 0 aliphatic heterocycles. The molecule has 7 heteroatoms. The van der Waals surface area contributed by atoms with E-state index in [-0.39, 0.29) is 19.1 Å². The van der Waals surface area contributed by atoms with E-state index in [4.69, 9.17) is 9.47 Å². The molecule has 0 radical (unpaired) electrons. The van der Waals surface area contributed by atoms with Gasteiger partial charge in [-0.05, 0) is 33.6 Å². The van der Waals surface area contributed by atoms with E-state index in [9.17, 15) is 14.4 Å². The van der Waals surface area contributed by atoms with Crippen LogP contribution in [0.4, 0.5) is 4.79 Å². The maximum atomic E-state index is 12.2. The van der Waals surface area contributed by atoms with Crippen LogP contribution in [0.2, 0.25) is 0 Å². The van der Waals surface area contributed by atoms with Gasteiger partial charge in [0.15, 0.2) is 0 Å². The second kappa shape index (κ2) is 9.27. The van der Waals surface area contributed by atoms with Crippen molar-refractivity contribution in [2.75, 3.05) is 13.2 Å². The quantitative estimate of drug-likeness (QED) is 0.696. The van der Waals surface area contributed by atoms with Crippen LogP contribution in [0.15, 0.2) is 0 Å². The molecule has 2 atom stereocenters. The molecule has 2 amide bonds. The number of carbonyl (C=O) groups is 3. The van der Waals surface area contributed by atoms with Crippen molar-refractivity contribution in [1.29, 1.82) is 0 Å². The van der Waals surface area contributed by atoms with E-state index >= 15 is 0 Å². The summed E-state index contributed by atoms with van der Waals surface area (Å²) < 4.78 is 9.90. The van der Waals surface area contributed by atoms with E-state index in [2.05, 4.69) is 10.6 Å². The monoisotopic (exact) mass is 316 g/mol. The summed E-state index contributed by atoms with van der Waals surface area (Å²) in [5.74, 6) is -1.06. The molecule has 0 aromatic rings. The van der Waals surface area contributed by atoms with Gasteiger partial charge in [0.25, 0.3) is 0 Å². The van der Waals surface area contributed by atoms with Crippen molar-refractivity contribution in [1.82, 2.24) is 10.6 Å². The topological polar surface area (TPSA) is 93.7 Å². The molecular formula is C15H28N2O5. The van der Waals surface area contributed by atoms with Gasteiger partial charge in [-0.25, -0.2) is 4.79 Å². The molecule has 0 saturated heterocycles. The number of carbonyl (C=O) groups excluding carboxylic acids is 3. The summed E-state index contributed by atoms with van der Waals surface area (Å²) >= 11 is 0. The summed E-state index contributed by atoms with van der Waals surface area (Å²) in [6.45, 7) is 10.7. The fourth-order valence-corrected chi connectivity index (χ4v) is 1.62. The Morgan fingerprint density at radius 2 is 1.73 bits per heavy atom. The molecule has 0 aliphatic rings. The van der Waals surface area contributed by atoms with Gasteiger partial charge in [-0.1, -0.05) is 20.3 Å². The van der Waals surface area contributed by atoms with Gasteiger partial charge in [0.05, 0.1) is 6.61 Å². The molecule has 0 heterocycles. The molecular weight excluding hydrogens is 288 g/mol. The highest BCUT2D eigenvalue weighted by atomic mass is 16.6. The third-order valence-electron chi connectivity index (χ3n) is 2.88. The minimum Gasteiger partial charge on any atom is -0.465 e. The number of amides is 2. The Bertz CT molecular complexity index is 390. The number of hydrogen-bond donors (Lipinski definition) is 2. The Morgan fingerprint density at radius 1 is 1.14 bits per heavy atom. The maximum absolute atomic E-state index is 12.2. The SMILES string of the molecule is CCOC(=O)CNC(=O)C(NC(=O)OC(C)(C)C)C(C)CC. The van der Waals surface area contributed by atoms with E-state index in [0.717, 1.165) is 0 Å². The molecule has 128 valence electrons. The Morgan fingerprint density at radius 3 is 2.18 bits per heavy atom. The molecule has 0 aromatic heterocycles. The van der Waals surface area contributed by atoms with Crippen molar-refractivity contribution in [3.05, 3.63) is 0 Å². The standard InChI is InChI=1S/C15H28N2O5/c1-7-10(3)12(17-14(20)22-15(4,5)6)13(19)16-9-11(18)21-8-2/h10,12H,7-9H2,1-6H3,(H,16,19)(H,17,20). The fraction of sp³-hybridized carbons (Fsp3) is 0.800. The molecule has 0 rings (SSSR count). The van der Waals surface area contributed by atoms with Crippen LogP contribution in [-0.4, -0.2) is 42.8 Å². The van der Waals surface area contributed by atoms with E-state index in [1.54, 1.807) is 27.7 Å². The molecule has 0 bridgehead atoms. The number of ether oxygens (including phenoxy) is 2. The molecule has 2 N–H and O–H groups in total.